The Morgan fingerprint density at radius 1 is 1.64 bits per heavy atom. The number of nitrogens with zero attached hydrogens (tertiary/aromatic N) is 2. The lowest BCUT2D eigenvalue weighted by atomic mass is 10.2. The molecular formula is C6H6N2O3. The summed E-state index contributed by atoms with van der Waals surface area (Å²) in [4.78, 5) is 17.5. The van der Waals surface area contributed by atoms with Crippen molar-refractivity contribution in [3.8, 4) is 0 Å². The Morgan fingerprint density at radius 3 is 2.82 bits per heavy atom. The number of hydrogen-bond acceptors (Lipinski definition) is 4. The van der Waals surface area contributed by atoms with Crippen LogP contribution in [0.25, 0.3) is 0 Å². The highest BCUT2D eigenvalue weighted by Crippen LogP contribution is 2.01. The molecule has 0 fully saturated rings. The molecule has 0 bridgehead atoms. The highest BCUT2D eigenvalue weighted by Gasteiger charge is 2.09. The van der Waals surface area contributed by atoms with Gasteiger partial charge in [0, 0.05) is 6.20 Å². The summed E-state index contributed by atoms with van der Waals surface area (Å²) in [5, 5.41) is 17.1. The van der Waals surface area contributed by atoms with Gasteiger partial charge in [-0.15, -0.1) is 0 Å². The molecule has 11 heavy (non-hydrogen) atoms. The van der Waals surface area contributed by atoms with Crippen LogP contribution in [0.2, 0.25) is 0 Å². The standard InChI is InChI=1S/C6H6N2O3/c9-2-5-4(6(10)11)1-7-3-8-5/h1,3,9H,2H2,(H,10,11). The summed E-state index contributed by atoms with van der Waals surface area (Å²) in [5.41, 5.74) is 0.0718. The Bertz CT molecular complexity index is 274. The summed E-state index contributed by atoms with van der Waals surface area (Å²) in [6, 6.07) is 0. The molecule has 1 aromatic heterocycles. The van der Waals surface area contributed by atoms with E-state index in [9.17, 15) is 4.79 Å². The second-order valence-electron chi connectivity index (χ2n) is 1.85. The molecule has 1 heterocycles. The van der Waals surface area contributed by atoms with Crippen LogP contribution in [0.5, 0.6) is 0 Å². The number of carbonyl (C=O) groups is 1. The summed E-state index contributed by atoms with van der Waals surface area (Å²) in [5.74, 6) is -1.13. The molecule has 5 nitrogen and oxygen atoms in total. The smallest absolute Gasteiger partial charge is 0.339 e. The normalized spacial score (nSPS) is 9.55. The zero-order valence-electron chi connectivity index (χ0n) is 5.56. The molecule has 0 aromatic carbocycles. The van der Waals surface area contributed by atoms with Gasteiger partial charge in [0.2, 0.25) is 0 Å². The average molecular weight is 154 g/mol. The van der Waals surface area contributed by atoms with E-state index < -0.39 is 5.97 Å². The van der Waals surface area contributed by atoms with Crippen molar-refractivity contribution in [3.63, 3.8) is 0 Å². The molecule has 58 valence electrons. The monoisotopic (exact) mass is 154 g/mol. The highest BCUT2D eigenvalue weighted by molar-refractivity contribution is 5.88. The average Bonchev–Trinajstić information content (AvgIpc) is 2.04. The fraction of sp³-hybridized carbons (Fsp3) is 0.167. The minimum Gasteiger partial charge on any atom is -0.478 e. The van der Waals surface area contributed by atoms with Crippen molar-refractivity contribution in [2.45, 2.75) is 6.61 Å². The van der Waals surface area contributed by atoms with Crippen molar-refractivity contribution < 1.29 is 15.0 Å². The third kappa shape index (κ3) is 1.50. The summed E-state index contributed by atoms with van der Waals surface area (Å²) in [6.45, 7) is -0.385. The van der Waals surface area contributed by atoms with Gasteiger partial charge in [0.05, 0.1) is 12.3 Å². The SMILES string of the molecule is O=C(O)c1cncnc1CO. The first-order chi connectivity index (χ1) is 5.25. The Hall–Kier alpha value is -1.49. The van der Waals surface area contributed by atoms with E-state index in [0.717, 1.165) is 6.20 Å². The van der Waals surface area contributed by atoms with Crippen molar-refractivity contribution in [3.05, 3.63) is 23.8 Å². The van der Waals surface area contributed by atoms with E-state index in [1.165, 1.54) is 6.33 Å². The molecule has 2 N–H and O–H groups in total. The third-order valence-electron chi connectivity index (χ3n) is 1.17. The van der Waals surface area contributed by atoms with Crippen LogP contribution in [-0.4, -0.2) is 26.2 Å². The first kappa shape index (κ1) is 7.62. The quantitative estimate of drug-likeness (QED) is 0.609. The predicted octanol–water partition coefficient (Wildman–Crippen LogP) is -0.333. The number of aliphatic hydroxyl groups excluding tert-OH is 1. The molecule has 0 aliphatic heterocycles. The molecule has 1 aromatic rings. The summed E-state index contributed by atoms with van der Waals surface area (Å²) in [6.07, 6.45) is 2.35. The molecule has 0 radical (unpaired) electrons. The summed E-state index contributed by atoms with van der Waals surface area (Å²) in [7, 11) is 0. The van der Waals surface area contributed by atoms with Gasteiger partial charge in [-0.1, -0.05) is 0 Å². The lowest BCUT2D eigenvalue weighted by Crippen LogP contribution is -2.05. The molecule has 5 heteroatoms. The number of carboxylic acid groups (broad SMARTS) is 1. The molecule has 1 rings (SSSR count). The Balaban J connectivity index is 3.12. The number of aliphatic hydroxyl groups is 1. The first-order valence-electron chi connectivity index (χ1n) is 2.88. The fourth-order valence-corrected chi connectivity index (χ4v) is 0.660. The van der Waals surface area contributed by atoms with E-state index in [0.29, 0.717) is 0 Å². The van der Waals surface area contributed by atoms with E-state index in [4.69, 9.17) is 10.2 Å². The van der Waals surface area contributed by atoms with E-state index in [1.54, 1.807) is 0 Å². The minimum absolute atomic E-state index is 0.0602. The number of hydrogen-bond donors (Lipinski definition) is 2. The van der Waals surface area contributed by atoms with E-state index in [-0.39, 0.29) is 17.9 Å². The van der Waals surface area contributed by atoms with Crippen molar-refractivity contribution in [2.75, 3.05) is 0 Å². The molecule has 0 saturated heterocycles. The molecule has 0 amide bonds. The van der Waals surface area contributed by atoms with E-state index in [1.807, 2.05) is 0 Å². The zero-order valence-corrected chi connectivity index (χ0v) is 5.56. The van der Waals surface area contributed by atoms with Gasteiger partial charge in [-0.05, 0) is 0 Å². The number of carboxylic acids is 1. The van der Waals surface area contributed by atoms with Gasteiger partial charge in [-0.3, -0.25) is 0 Å². The van der Waals surface area contributed by atoms with Gasteiger partial charge in [-0.2, -0.15) is 0 Å². The van der Waals surface area contributed by atoms with Gasteiger partial charge < -0.3 is 10.2 Å². The van der Waals surface area contributed by atoms with Crippen LogP contribution in [0.4, 0.5) is 0 Å². The van der Waals surface area contributed by atoms with Crippen LogP contribution < -0.4 is 0 Å². The first-order valence-corrected chi connectivity index (χ1v) is 2.88. The summed E-state index contributed by atoms with van der Waals surface area (Å²) < 4.78 is 0. The molecular weight excluding hydrogens is 148 g/mol. The van der Waals surface area contributed by atoms with Crippen molar-refractivity contribution in [1.82, 2.24) is 9.97 Å². The fourth-order valence-electron chi connectivity index (χ4n) is 0.660. The third-order valence-corrected chi connectivity index (χ3v) is 1.17. The second kappa shape index (κ2) is 3.07. The predicted molar refractivity (Wildman–Crippen MR) is 34.9 cm³/mol. The number of rotatable bonds is 2. The lowest BCUT2D eigenvalue weighted by Gasteiger charge is -1.97. The van der Waals surface area contributed by atoms with Crippen LogP contribution in [0.3, 0.4) is 0 Å². The molecule has 0 saturated carbocycles. The lowest BCUT2D eigenvalue weighted by molar-refractivity contribution is 0.0692. The van der Waals surface area contributed by atoms with Crippen molar-refractivity contribution in [1.29, 1.82) is 0 Å². The number of aromatic carboxylic acids is 1. The van der Waals surface area contributed by atoms with E-state index >= 15 is 0 Å². The molecule has 0 atom stereocenters. The Morgan fingerprint density at radius 2 is 2.36 bits per heavy atom. The molecule has 0 aliphatic carbocycles. The molecule has 0 unspecified atom stereocenters. The van der Waals surface area contributed by atoms with Crippen LogP contribution in [0.15, 0.2) is 12.5 Å². The van der Waals surface area contributed by atoms with Gasteiger partial charge in [-0.25, -0.2) is 14.8 Å². The second-order valence-corrected chi connectivity index (χ2v) is 1.85. The van der Waals surface area contributed by atoms with Gasteiger partial charge in [0.25, 0.3) is 0 Å². The Labute approximate surface area is 62.4 Å². The molecule has 0 aliphatic rings. The maximum absolute atomic E-state index is 10.4. The topological polar surface area (TPSA) is 83.3 Å². The Kier molecular flexibility index (Phi) is 2.12. The van der Waals surface area contributed by atoms with Gasteiger partial charge in [0.1, 0.15) is 11.9 Å². The van der Waals surface area contributed by atoms with Gasteiger partial charge in [0.15, 0.2) is 0 Å². The largest absolute Gasteiger partial charge is 0.478 e. The highest BCUT2D eigenvalue weighted by atomic mass is 16.4. The van der Waals surface area contributed by atoms with Gasteiger partial charge >= 0.3 is 5.97 Å². The van der Waals surface area contributed by atoms with Crippen LogP contribution in [-0.2, 0) is 6.61 Å². The zero-order chi connectivity index (χ0) is 8.27. The van der Waals surface area contributed by atoms with Crippen molar-refractivity contribution >= 4 is 5.97 Å². The maximum Gasteiger partial charge on any atom is 0.339 e. The van der Waals surface area contributed by atoms with E-state index in [2.05, 4.69) is 9.97 Å². The number of aromatic nitrogens is 2. The summed E-state index contributed by atoms with van der Waals surface area (Å²) >= 11 is 0. The minimum atomic E-state index is -1.13. The van der Waals surface area contributed by atoms with Crippen molar-refractivity contribution in [2.24, 2.45) is 0 Å². The van der Waals surface area contributed by atoms with Crippen LogP contribution >= 0.6 is 0 Å². The molecule has 0 spiro atoms. The van der Waals surface area contributed by atoms with Crippen LogP contribution in [0, 0.1) is 0 Å². The maximum atomic E-state index is 10.4. The van der Waals surface area contributed by atoms with Crippen LogP contribution in [0.1, 0.15) is 16.1 Å².